The highest BCUT2D eigenvalue weighted by atomic mass is 79.9. The molecule has 1 N–H and O–H groups in total. The van der Waals surface area contributed by atoms with Crippen molar-refractivity contribution in [1.29, 1.82) is 0 Å². The molecule has 0 aliphatic heterocycles. The first-order valence-electron chi connectivity index (χ1n) is 6.39. The van der Waals surface area contributed by atoms with Crippen LogP contribution in [0.3, 0.4) is 0 Å². The maximum atomic E-state index is 4.62. The van der Waals surface area contributed by atoms with Gasteiger partial charge in [-0.05, 0) is 36.3 Å². The number of nitrogens with zero attached hydrogens (tertiary/aromatic N) is 4. The summed E-state index contributed by atoms with van der Waals surface area (Å²) in [6, 6.07) is 0.168. The van der Waals surface area contributed by atoms with Gasteiger partial charge in [0.15, 0.2) is 0 Å². The third-order valence-electron chi connectivity index (χ3n) is 3.18. The number of halogens is 1. The van der Waals surface area contributed by atoms with Crippen LogP contribution in [0, 0.1) is 0 Å². The smallest absolute Gasteiger partial charge is 0.0916 e. The van der Waals surface area contributed by atoms with E-state index in [9.17, 15) is 0 Å². The molecule has 0 aliphatic rings. The number of hydrogen-bond donors (Lipinski definition) is 1. The maximum Gasteiger partial charge on any atom is 0.0916 e. The molecule has 0 aliphatic carbocycles. The van der Waals surface area contributed by atoms with E-state index in [2.05, 4.69) is 53.6 Å². The van der Waals surface area contributed by atoms with Gasteiger partial charge in [-0.1, -0.05) is 6.92 Å². The number of nitrogens with one attached hydrogen (secondary N) is 1. The van der Waals surface area contributed by atoms with Crippen molar-refractivity contribution in [2.45, 2.75) is 39.3 Å². The molecule has 0 radical (unpaired) electrons. The van der Waals surface area contributed by atoms with Crippen LogP contribution in [0.2, 0.25) is 0 Å². The molecule has 0 saturated heterocycles. The maximum absolute atomic E-state index is 4.62. The van der Waals surface area contributed by atoms with Crippen LogP contribution >= 0.6 is 27.7 Å². The predicted octanol–water partition coefficient (Wildman–Crippen LogP) is 2.58. The zero-order valence-electron chi connectivity index (χ0n) is 11.4. The molecule has 5 nitrogen and oxygen atoms in total. The van der Waals surface area contributed by atoms with Gasteiger partial charge in [0, 0.05) is 13.0 Å². The van der Waals surface area contributed by atoms with Crippen molar-refractivity contribution < 1.29 is 0 Å². The van der Waals surface area contributed by atoms with Crippen molar-refractivity contribution >= 4 is 27.7 Å². The first-order valence-corrected chi connectivity index (χ1v) is 7.92. The summed E-state index contributed by atoms with van der Waals surface area (Å²) >= 11 is 4.92. The van der Waals surface area contributed by atoms with E-state index in [1.165, 1.54) is 17.4 Å². The fourth-order valence-electron chi connectivity index (χ4n) is 2.09. The van der Waals surface area contributed by atoms with Gasteiger partial charge in [0.1, 0.15) is 0 Å². The van der Waals surface area contributed by atoms with Crippen molar-refractivity contribution in [3.05, 3.63) is 27.8 Å². The summed E-state index contributed by atoms with van der Waals surface area (Å²) in [5.41, 5.74) is 3.32. The molecule has 1 unspecified atom stereocenters. The van der Waals surface area contributed by atoms with Gasteiger partial charge < -0.3 is 5.32 Å². The Morgan fingerprint density at radius 3 is 2.79 bits per heavy atom. The second-order valence-corrected chi connectivity index (χ2v) is 5.60. The normalized spacial score (nSPS) is 12.8. The van der Waals surface area contributed by atoms with Gasteiger partial charge in [-0.2, -0.15) is 13.8 Å². The summed E-state index contributed by atoms with van der Waals surface area (Å²) in [5.74, 6) is 0. The summed E-state index contributed by atoms with van der Waals surface area (Å²) in [6.45, 7) is 5.11. The van der Waals surface area contributed by atoms with Crippen molar-refractivity contribution in [2.75, 3.05) is 7.05 Å². The Balaban J connectivity index is 2.29. The Kier molecular flexibility index (Phi) is 5.06. The molecule has 0 amide bonds. The molecule has 0 fully saturated rings. The highest BCUT2D eigenvalue weighted by molar-refractivity contribution is 9.10. The van der Waals surface area contributed by atoms with E-state index >= 15 is 0 Å². The Morgan fingerprint density at radius 2 is 2.26 bits per heavy atom. The minimum atomic E-state index is 0.168. The summed E-state index contributed by atoms with van der Waals surface area (Å²) in [5, 5.41) is 7.92. The zero-order chi connectivity index (χ0) is 13.8. The van der Waals surface area contributed by atoms with Crippen LogP contribution in [0.5, 0.6) is 0 Å². The van der Waals surface area contributed by atoms with E-state index in [4.69, 9.17) is 0 Å². The van der Waals surface area contributed by atoms with Gasteiger partial charge in [0.25, 0.3) is 0 Å². The quantitative estimate of drug-likeness (QED) is 0.875. The first-order chi connectivity index (χ1) is 9.21. The lowest BCUT2D eigenvalue weighted by Gasteiger charge is -2.14. The molecule has 19 heavy (non-hydrogen) atoms. The van der Waals surface area contributed by atoms with E-state index < -0.39 is 0 Å². The fraction of sp³-hybridized carbons (Fsp3) is 0.583. The molecule has 2 aromatic rings. The molecule has 0 bridgehead atoms. The number of aryl methyl sites for hydroxylation is 2. The fourth-order valence-corrected chi connectivity index (χ4v) is 3.28. The number of hydrogen-bond acceptors (Lipinski definition) is 5. The highest BCUT2D eigenvalue weighted by Gasteiger charge is 2.20. The van der Waals surface area contributed by atoms with E-state index in [1.807, 2.05) is 13.2 Å². The molecule has 0 aromatic carbocycles. The number of likely N-dealkylation sites (N-methyl/N-ethyl adjacent to an activating group) is 1. The lowest BCUT2D eigenvalue weighted by molar-refractivity contribution is 0.533. The third kappa shape index (κ3) is 3.04. The van der Waals surface area contributed by atoms with Crippen LogP contribution in [-0.2, 0) is 19.4 Å². The average molecular weight is 344 g/mol. The molecule has 2 rings (SSSR count). The van der Waals surface area contributed by atoms with Gasteiger partial charge in [-0.25, -0.2) is 0 Å². The van der Waals surface area contributed by atoms with Gasteiger partial charge in [0.05, 0.1) is 45.5 Å². The molecule has 7 heteroatoms. The lowest BCUT2D eigenvalue weighted by atomic mass is 10.1. The average Bonchev–Trinajstić information content (AvgIpc) is 3.04. The Morgan fingerprint density at radius 1 is 1.47 bits per heavy atom. The van der Waals surface area contributed by atoms with E-state index in [0.717, 1.165) is 35.2 Å². The van der Waals surface area contributed by atoms with Crippen LogP contribution in [-0.4, -0.2) is 25.6 Å². The SMILES string of the molecule is CCc1nn(CC)c(CC(NC)c2cnsn2)c1Br. The van der Waals surface area contributed by atoms with Crippen LogP contribution in [0.1, 0.15) is 37.0 Å². The Labute approximate surface area is 125 Å². The van der Waals surface area contributed by atoms with Crippen LogP contribution in [0.4, 0.5) is 0 Å². The van der Waals surface area contributed by atoms with Crippen molar-refractivity contribution in [1.82, 2.24) is 23.8 Å². The number of aromatic nitrogens is 4. The lowest BCUT2D eigenvalue weighted by Crippen LogP contribution is -2.21. The van der Waals surface area contributed by atoms with Gasteiger partial charge >= 0.3 is 0 Å². The van der Waals surface area contributed by atoms with Gasteiger partial charge in [-0.15, -0.1) is 0 Å². The van der Waals surface area contributed by atoms with Crippen molar-refractivity contribution in [3.63, 3.8) is 0 Å². The second-order valence-electron chi connectivity index (χ2n) is 4.25. The molecule has 1 atom stereocenters. The second kappa shape index (κ2) is 6.58. The molecular formula is C12H18BrN5S. The topological polar surface area (TPSA) is 55.6 Å². The largest absolute Gasteiger partial charge is 0.311 e. The van der Waals surface area contributed by atoms with E-state index in [-0.39, 0.29) is 6.04 Å². The van der Waals surface area contributed by atoms with Crippen LogP contribution in [0.15, 0.2) is 10.7 Å². The minimum Gasteiger partial charge on any atom is -0.311 e. The molecule has 0 saturated carbocycles. The van der Waals surface area contributed by atoms with Crippen molar-refractivity contribution in [2.24, 2.45) is 0 Å². The number of rotatable bonds is 6. The summed E-state index contributed by atoms with van der Waals surface area (Å²) in [7, 11) is 1.95. The predicted molar refractivity (Wildman–Crippen MR) is 80.4 cm³/mol. The first kappa shape index (κ1) is 14.6. The monoisotopic (exact) mass is 343 g/mol. The molecule has 0 spiro atoms. The molecular weight excluding hydrogens is 326 g/mol. The standard InChI is InChI=1S/C12H18BrN5S/c1-4-8-12(13)11(18(5-2)16-8)6-9(14-3)10-7-15-19-17-10/h7,9,14H,4-6H2,1-3H3. The van der Waals surface area contributed by atoms with E-state index in [1.54, 1.807) is 0 Å². The van der Waals surface area contributed by atoms with Crippen molar-refractivity contribution in [3.8, 4) is 0 Å². The Hall–Kier alpha value is -0.790. The summed E-state index contributed by atoms with van der Waals surface area (Å²) < 4.78 is 11.6. The van der Waals surface area contributed by atoms with Crippen LogP contribution < -0.4 is 5.32 Å². The zero-order valence-corrected chi connectivity index (χ0v) is 13.8. The van der Waals surface area contributed by atoms with Gasteiger partial charge in [-0.3, -0.25) is 4.68 Å². The summed E-state index contributed by atoms with van der Waals surface area (Å²) in [4.78, 5) is 0. The van der Waals surface area contributed by atoms with Gasteiger partial charge in [0.2, 0.25) is 0 Å². The molecule has 2 aromatic heterocycles. The minimum absolute atomic E-state index is 0.168. The van der Waals surface area contributed by atoms with E-state index in [0.29, 0.717) is 0 Å². The highest BCUT2D eigenvalue weighted by Crippen LogP contribution is 2.26. The molecule has 104 valence electrons. The Bertz CT molecular complexity index is 522. The summed E-state index contributed by atoms with van der Waals surface area (Å²) in [6.07, 6.45) is 3.61. The molecule has 2 heterocycles. The third-order valence-corrected chi connectivity index (χ3v) is 4.58. The van der Waals surface area contributed by atoms with Crippen LogP contribution in [0.25, 0.3) is 0 Å².